The van der Waals surface area contributed by atoms with Crippen LogP contribution in [0.15, 0.2) is 48.5 Å². The molecule has 4 unspecified atom stereocenters. The molecular formula is C82H124CrP2. The Bertz CT molecular complexity index is 3100. The Morgan fingerprint density at radius 1 is 0.247 bits per heavy atom. The van der Waals surface area contributed by atoms with Gasteiger partial charge in [0.25, 0.3) is 0 Å². The molecule has 14 rings (SSSR count). The van der Waals surface area contributed by atoms with Crippen LogP contribution in [0, 0.1) is 0 Å². The van der Waals surface area contributed by atoms with Crippen molar-refractivity contribution in [1.29, 1.82) is 0 Å². The zero-order chi connectivity index (χ0) is 59.4. The summed E-state index contributed by atoms with van der Waals surface area (Å²) >= 11 is 0. The molecule has 10 aliphatic rings. The number of hydrogen-bond donors (Lipinski definition) is 0. The van der Waals surface area contributed by atoms with Crippen LogP contribution in [0.5, 0.6) is 0 Å². The number of unbranched alkanes of at least 4 members (excludes halogenated alkanes) is 12. The van der Waals surface area contributed by atoms with Crippen molar-refractivity contribution in [1.82, 2.24) is 0 Å². The van der Waals surface area contributed by atoms with E-state index in [-0.39, 0.29) is 0 Å². The summed E-state index contributed by atoms with van der Waals surface area (Å²) < 4.78 is 11.1. The summed E-state index contributed by atoms with van der Waals surface area (Å²) in [7, 11) is -1.20. The molecule has 4 atom stereocenters. The van der Waals surface area contributed by atoms with Gasteiger partial charge in [-0.3, -0.25) is 0 Å². The summed E-state index contributed by atoms with van der Waals surface area (Å²) in [5, 5.41) is 8.09. The van der Waals surface area contributed by atoms with Crippen LogP contribution in [0.4, 0.5) is 0 Å². The molecule has 85 heavy (non-hydrogen) atoms. The van der Waals surface area contributed by atoms with Gasteiger partial charge in [-0.15, -0.1) is 0 Å². The molecule has 0 N–H and O–H groups in total. The van der Waals surface area contributed by atoms with E-state index in [2.05, 4.69) is 132 Å². The Labute approximate surface area is 516 Å². The fourth-order valence-electron chi connectivity index (χ4n) is 32.8. The van der Waals surface area contributed by atoms with Crippen LogP contribution in [0.2, 0.25) is 38.2 Å². The molecule has 3 heteroatoms. The fourth-order valence-corrected chi connectivity index (χ4v) is 159. The van der Waals surface area contributed by atoms with Gasteiger partial charge in [0, 0.05) is 0 Å². The average molecular weight is 1220 g/mol. The third kappa shape index (κ3) is 3.89. The van der Waals surface area contributed by atoms with Gasteiger partial charge in [0.2, 0.25) is 0 Å². The van der Waals surface area contributed by atoms with Gasteiger partial charge in [0.1, 0.15) is 0 Å². The van der Waals surface area contributed by atoms with Crippen molar-refractivity contribution < 1.29 is 6.65 Å². The van der Waals surface area contributed by atoms with Crippen molar-refractivity contribution >= 4 is 37.1 Å². The Morgan fingerprint density at radius 2 is 0.435 bits per heavy atom. The maximum atomic E-state index is 3.03. The van der Waals surface area contributed by atoms with Crippen molar-refractivity contribution in [2.24, 2.45) is 0 Å². The summed E-state index contributed by atoms with van der Waals surface area (Å²) in [6.07, 6.45) is 47.3. The topological polar surface area (TPSA) is 0 Å². The van der Waals surface area contributed by atoms with E-state index in [0.717, 1.165) is 0 Å². The second-order valence-electron chi connectivity index (χ2n) is 33.5. The van der Waals surface area contributed by atoms with Crippen LogP contribution in [0.25, 0.3) is 0 Å². The summed E-state index contributed by atoms with van der Waals surface area (Å²) in [4.78, 5) is 0. The molecule has 10 aliphatic heterocycles. The first kappa shape index (κ1) is 60.8. The van der Waals surface area contributed by atoms with Crippen molar-refractivity contribution in [2.45, 2.75) is 361 Å². The van der Waals surface area contributed by atoms with Crippen molar-refractivity contribution in [3.63, 3.8) is 0 Å². The summed E-state index contributed by atoms with van der Waals surface area (Å²) in [5.41, 5.74) is 22.4. The van der Waals surface area contributed by atoms with Crippen molar-refractivity contribution in [3.05, 3.63) is 115 Å². The van der Waals surface area contributed by atoms with Gasteiger partial charge >= 0.3 is 520 Å². The zero-order valence-corrected chi connectivity index (χ0v) is 60.1. The van der Waals surface area contributed by atoms with Crippen molar-refractivity contribution in [3.8, 4) is 0 Å². The molecule has 1 spiro atoms. The van der Waals surface area contributed by atoms with E-state index in [1.165, 1.54) is 269 Å². The first-order chi connectivity index (χ1) is 41.5. The van der Waals surface area contributed by atoms with Crippen LogP contribution in [0.1, 0.15) is 304 Å². The zero-order valence-electron chi connectivity index (χ0n) is 57.0. The van der Waals surface area contributed by atoms with Crippen LogP contribution >= 0.6 is 15.8 Å². The summed E-state index contributed by atoms with van der Waals surface area (Å²) in [6, 6.07) is 23.6. The number of aryl methyl sites for hydroxylation is 4. The Morgan fingerprint density at radius 3 is 0.612 bits per heavy atom. The molecule has 0 amide bonds. The number of benzene rings is 4. The second kappa shape index (κ2) is 17.3. The maximum absolute atomic E-state index is 4.89. The molecule has 0 bridgehead atoms. The third-order valence-electron chi connectivity index (χ3n) is 33.9. The molecule has 10 saturated heterocycles. The molecule has 0 aromatic heterocycles. The molecule has 0 radical (unpaired) electrons. The van der Waals surface area contributed by atoms with Gasteiger partial charge in [-0.1, -0.05) is 0 Å². The SMILES string of the molecule is CCCCc1ccc(P(c2ccc(CCCC)c(CCCC)c2CCCC)[C]23[CH]4[CH]5[CH]6[C]2(P(c2ccc(CCCC)c(CCCC)c2CCCC)c2ccc(CCCC)c(CCCC)c2CCCC)[Cr]54632789[CH]3[CH]2[CH]7[CH]8[CH]39)c(CCCC)c1CCCC. The van der Waals surface area contributed by atoms with Gasteiger partial charge in [0.15, 0.2) is 0 Å². The van der Waals surface area contributed by atoms with Gasteiger partial charge in [-0.05, 0) is 0 Å². The van der Waals surface area contributed by atoms with E-state index >= 15 is 0 Å². The van der Waals surface area contributed by atoms with Crippen LogP contribution < -0.4 is 21.2 Å². The van der Waals surface area contributed by atoms with E-state index in [9.17, 15) is 0 Å². The number of hydrogen-bond acceptors (Lipinski definition) is 0. The van der Waals surface area contributed by atoms with E-state index < -0.39 is 22.5 Å². The predicted molar refractivity (Wildman–Crippen MR) is 377 cm³/mol. The number of fused-ring (bicyclic) bond motifs is 10. The Kier molecular flexibility index (Phi) is 12.4. The van der Waals surface area contributed by atoms with Crippen molar-refractivity contribution in [2.75, 3.05) is 0 Å². The Balaban J connectivity index is 1.12. The fraction of sp³-hybridized carbons (Fsp3) is 0.707. The van der Waals surface area contributed by atoms with Gasteiger partial charge in [0.05, 0.1) is 0 Å². The van der Waals surface area contributed by atoms with Gasteiger partial charge in [-0.2, -0.15) is 0 Å². The van der Waals surface area contributed by atoms with E-state index in [1.807, 2.05) is 65.7 Å². The van der Waals surface area contributed by atoms with Gasteiger partial charge in [-0.25, -0.2) is 0 Å². The molecule has 10 fully saturated rings. The molecule has 0 nitrogen and oxygen atoms in total. The first-order valence-electron chi connectivity index (χ1n) is 38.2. The normalized spacial score (nSPS) is 34.4. The molecular weight excluding hydrogens is 1100 g/mol. The molecule has 468 valence electrons. The molecule has 0 aliphatic carbocycles. The predicted octanol–water partition coefficient (Wildman–Crippen LogP) is 23.6. The standard InChI is InChI=1S/C77H119P2.C5H5.Cr/c1-13-25-38-60-52-56-72(68(46-33-21-9)64(60)42-29-17-5)78(73-57-53-61(39-26-14-2)65(43-30-18-6)69(73)47-34-22-10)76-50-37-51-77(76)79(74-58-54-62(40-27-15-3)66(44-31-19-7)70(74)48-35-23-11)75-59-55-63(41-28-16-4)67(45-32-20-8)71(75)49-36-24-12;1-2-4-5-3-1;/h37,50-59H,13-36,38-49H2,1-12H3;1-5H;. The number of rotatable bonds is 42. The van der Waals surface area contributed by atoms with E-state index in [0.29, 0.717) is 8.04 Å². The summed E-state index contributed by atoms with van der Waals surface area (Å²) in [5.74, 6) is 0. The van der Waals surface area contributed by atoms with Crippen LogP contribution in [-0.2, 0) is 83.7 Å². The molecule has 4 aromatic carbocycles. The van der Waals surface area contributed by atoms with E-state index in [1.54, 1.807) is 22.3 Å². The molecule has 4 aromatic rings. The quantitative estimate of drug-likeness (QED) is 0.0388. The van der Waals surface area contributed by atoms with Crippen LogP contribution in [0.3, 0.4) is 0 Å². The minimum atomic E-state index is -4.89. The molecule has 0 saturated carbocycles. The Hall–Kier alpha value is -1.73. The van der Waals surface area contributed by atoms with E-state index in [4.69, 9.17) is 0 Å². The van der Waals surface area contributed by atoms with Gasteiger partial charge < -0.3 is 0 Å². The monoisotopic (exact) mass is 1220 g/mol. The third-order valence-corrected chi connectivity index (χ3v) is 99.1. The average Bonchev–Trinajstić information content (AvgIpc) is 1.03. The first-order valence-corrected chi connectivity index (χ1v) is 48.0. The second-order valence-corrected chi connectivity index (χ2v) is 66.0. The minimum absolute atomic E-state index is 0.600. The molecule has 10 heterocycles. The van der Waals surface area contributed by atoms with Crippen LogP contribution in [-0.4, -0.2) is 8.04 Å². The summed E-state index contributed by atoms with van der Waals surface area (Å²) in [6.45, 7) is 25.0.